The first-order chi connectivity index (χ1) is 9.40. The van der Waals surface area contributed by atoms with E-state index in [9.17, 15) is 9.90 Å². The average Bonchev–Trinajstić information content (AvgIpc) is 2.90. The highest BCUT2D eigenvalue weighted by atomic mass is 16.5. The molecule has 1 fully saturated rings. The molecule has 0 aliphatic carbocycles. The zero-order chi connectivity index (χ0) is 14.5. The fraction of sp³-hybridized carbons (Fsp3) is 0.429. The third-order valence-electron chi connectivity index (χ3n) is 3.91. The molecule has 0 spiro atoms. The van der Waals surface area contributed by atoms with Gasteiger partial charge in [0.25, 0.3) is 0 Å². The van der Waals surface area contributed by atoms with E-state index in [1.54, 1.807) is 6.33 Å². The maximum atomic E-state index is 11.1. The van der Waals surface area contributed by atoms with Gasteiger partial charge in [-0.15, -0.1) is 0 Å². The minimum absolute atomic E-state index is 0.0467. The summed E-state index contributed by atoms with van der Waals surface area (Å²) in [6, 6.07) is 2.95. The van der Waals surface area contributed by atoms with Gasteiger partial charge in [0.1, 0.15) is 11.3 Å². The number of nitrogens with zero attached hydrogens (tertiary/aromatic N) is 2. The predicted octanol–water partition coefficient (Wildman–Crippen LogP) is 2.04. The SMILES string of the molecule is CC1(C)COCC1n1cnc2cc(O)c(C(=O)O)cc21. The van der Waals surface area contributed by atoms with Crippen molar-refractivity contribution in [3.05, 3.63) is 24.0 Å². The lowest BCUT2D eigenvalue weighted by atomic mass is 9.87. The number of aromatic hydroxyl groups is 1. The summed E-state index contributed by atoms with van der Waals surface area (Å²) in [5.41, 5.74) is 1.12. The summed E-state index contributed by atoms with van der Waals surface area (Å²) in [7, 11) is 0. The molecule has 2 N–H and O–H groups in total. The standard InChI is InChI=1S/C14H16N2O4/c1-14(2)6-20-5-12(14)16-7-15-9-4-11(17)8(13(18)19)3-10(9)16/h3-4,7,12,17H,5-6H2,1-2H3,(H,18,19). The van der Waals surface area contributed by atoms with E-state index in [2.05, 4.69) is 18.8 Å². The fourth-order valence-electron chi connectivity index (χ4n) is 2.69. The highest BCUT2D eigenvalue weighted by Crippen LogP contribution is 2.39. The number of carbonyl (C=O) groups is 1. The largest absolute Gasteiger partial charge is 0.507 e. The van der Waals surface area contributed by atoms with Crippen LogP contribution in [0.3, 0.4) is 0 Å². The number of fused-ring (bicyclic) bond motifs is 1. The molecule has 0 saturated carbocycles. The van der Waals surface area contributed by atoms with Crippen molar-refractivity contribution in [2.24, 2.45) is 5.41 Å². The van der Waals surface area contributed by atoms with Crippen molar-refractivity contribution in [2.75, 3.05) is 13.2 Å². The summed E-state index contributed by atoms with van der Waals surface area (Å²) in [6.45, 7) is 5.44. The van der Waals surface area contributed by atoms with Crippen molar-refractivity contribution in [1.29, 1.82) is 0 Å². The normalized spacial score (nSPS) is 21.4. The monoisotopic (exact) mass is 276 g/mol. The zero-order valence-electron chi connectivity index (χ0n) is 11.3. The van der Waals surface area contributed by atoms with Crippen LogP contribution >= 0.6 is 0 Å². The van der Waals surface area contributed by atoms with E-state index in [0.717, 1.165) is 0 Å². The molecule has 6 nitrogen and oxygen atoms in total. The Balaban J connectivity index is 2.18. The molecule has 0 bridgehead atoms. The molecule has 1 atom stereocenters. The van der Waals surface area contributed by atoms with Crippen LogP contribution in [-0.4, -0.2) is 38.9 Å². The minimum atomic E-state index is -1.15. The van der Waals surface area contributed by atoms with Gasteiger partial charge >= 0.3 is 5.97 Å². The fourth-order valence-corrected chi connectivity index (χ4v) is 2.69. The Hall–Kier alpha value is -2.08. The maximum absolute atomic E-state index is 11.1. The van der Waals surface area contributed by atoms with Crippen LogP contribution < -0.4 is 0 Å². The molecule has 1 aromatic carbocycles. The summed E-state index contributed by atoms with van der Waals surface area (Å²) >= 11 is 0. The molecular weight excluding hydrogens is 260 g/mol. The van der Waals surface area contributed by atoms with Crippen LogP contribution in [0.15, 0.2) is 18.5 Å². The van der Waals surface area contributed by atoms with Gasteiger partial charge in [0.15, 0.2) is 0 Å². The van der Waals surface area contributed by atoms with E-state index in [4.69, 9.17) is 9.84 Å². The lowest BCUT2D eigenvalue weighted by molar-refractivity contribution is 0.0694. The van der Waals surface area contributed by atoms with Crippen molar-refractivity contribution >= 4 is 17.0 Å². The second kappa shape index (κ2) is 4.21. The van der Waals surface area contributed by atoms with Crippen molar-refractivity contribution in [1.82, 2.24) is 9.55 Å². The van der Waals surface area contributed by atoms with Crippen LogP contribution in [0.25, 0.3) is 11.0 Å². The number of phenols is 1. The number of rotatable bonds is 2. The zero-order valence-corrected chi connectivity index (χ0v) is 11.3. The first-order valence-corrected chi connectivity index (χ1v) is 6.41. The Labute approximate surface area is 115 Å². The van der Waals surface area contributed by atoms with Crippen molar-refractivity contribution in [3.63, 3.8) is 0 Å². The van der Waals surface area contributed by atoms with E-state index in [1.165, 1.54) is 12.1 Å². The Morgan fingerprint density at radius 2 is 2.25 bits per heavy atom. The van der Waals surface area contributed by atoms with Gasteiger partial charge in [-0.05, 0) is 6.07 Å². The van der Waals surface area contributed by atoms with Crippen LogP contribution in [-0.2, 0) is 4.74 Å². The summed E-state index contributed by atoms with van der Waals surface area (Å²) in [5.74, 6) is -1.42. The van der Waals surface area contributed by atoms with E-state index in [0.29, 0.717) is 24.2 Å². The summed E-state index contributed by atoms with van der Waals surface area (Å²) in [4.78, 5) is 15.4. The van der Waals surface area contributed by atoms with Gasteiger partial charge in [-0.3, -0.25) is 0 Å². The third kappa shape index (κ3) is 1.84. The molecule has 1 aliphatic heterocycles. The maximum Gasteiger partial charge on any atom is 0.339 e. The molecule has 6 heteroatoms. The van der Waals surface area contributed by atoms with Crippen LogP contribution in [0, 0.1) is 5.41 Å². The second-order valence-electron chi connectivity index (χ2n) is 5.83. The van der Waals surface area contributed by atoms with E-state index in [-0.39, 0.29) is 22.8 Å². The predicted molar refractivity (Wildman–Crippen MR) is 72.0 cm³/mol. The van der Waals surface area contributed by atoms with Crippen LogP contribution in [0.5, 0.6) is 5.75 Å². The van der Waals surface area contributed by atoms with Gasteiger partial charge in [-0.2, -0.15) is 0 Å². The molecular formula is C14H16N2O4. The summed E-state index contributed by atoms with van der Waals surface area (Å²) in [5, 5.41) is 18.8. The lowest BCUT2D eigenvalue weighted by Crippen LogP contribution is -2.24. The Bertz CT molecular complexity index is 690. The highest BCUT2D eigenvalue weighted by molar-refractivity contribution is 5.95. The highest BCUT2D eigenvalue weighted by Gasteiger charge is 2.37. The molecule has 1 saturated heterocycles. The van der Waals surface area contributed by atoms with Crippen molar-refractivity contribution < 1.29 is 19.7 Å². The van der Waals surface area contributed by atoms with Gasteiger partial charge in [-0.25, -0.2) is 9.78 Å². The van der Waals surface area contributed by atoms with Crippen molar-refractivity contribution in [3.8, 4) is 5.75 Å². The van der Waals surface area contributed by atoms with Gasteiger partial charge in [0.05, 0.1) is 36.6 Å². The minimum Gasteiger partial charge on any atom is -0.507 e. The Morgan fingerprint density at radius 3 is 2.85 bits per heavy atom. The van der Waals surface area contributed by atoms with E-state index < -0.39 is 5.97 Å². The van der Waals surface area contributed by atoms with Crippen LogP contribution in [0.4, 0.5) is 0 Å². The molecule has 1 aliphatic rings. The molecule has 106 valence electrons. The summed E-state index contributed by atoms with van der Waals surface area (Å²) < 4.78 is 7.47. The Morgan fingerprint density at radius 1 is 1.50 bits per heavy atom. The molecule has 3 rings (SSSR count). The molecule has 20 heavy (non-hydrogen) atoms. The number of aromatic carboxylic acids is 1. The smallest absolute Gasteiger partial charge is 0.339 e. The number of carboxylic acid groups (broad SMARTS) is 1. The average molecular weight is 276 g/mol. The number of imidazole rings is 1. The van der Waals surface area contributed by atoms with Gasteiger partial charge in [0, 0.05) is 11.5 Å². The summed E-state index contributed by atoms with van der Waals surface area (Å²) in [6.07, 6.45) is 1.68. The number of hydrogen-bond acceptors (Lipinski definition) is 4. The molecule has 2 aromatic rings. The molecule has 1 unspecified atom stereocenters. The van der Waals surface area contributed by atoms with Crippen LogP contribution in [0.1, 0.15) is 30.2 Å². The number of aromatic nitrogens is 2. The second-order valence-corrected chi connectivity index (χ2v) is 5.83. The van der Waals surface area contributed by atoms with Crippen molar-refractivity contribution in [2.45, 2.75) is 19.9 Å². The molecule has 1 aromatic heterocycles. The van der Waals surface area contributed by atoms with Crippen LogP contribution in [0.2, 0.25) is 0 Å². The third-order valence-corrected chi connectivity index (χ3v) is 3.91. The van der Waals surface area contributed by atoms with Gasteiger partial charge < -0.3 is 19.5 Å². The Kier molecular flexibility index (Phi) is 2.72. The topological polar surface area (TPSA) is 84.6 Å². The lowest BCUT2D eigenvalue weighted by Gasteiger charge is -2.26. The number of benzene rings is 1. The first-order valence-electron chi connectivity index (χ1n) is 6.41. The molecule has 2 heterocycles. The molecule has 0 radical (unpaired) electrons. The van der Waals surface area contributed by atoms with Gasteiger partial charge in [-0.1, -0.05) is 13.8 Å². The van der Waals surface area contributed by atoms with Gasteiger partial charge in [0.2, 0.25) is 0 Å². The molecule has 0 amide bonds. The quantitative estimate of drug-likeness (QED) is 0.876. The number of hydrogen-bond donors (Lipinski definition) is 2. The van der Waals surface area contributed by atoms with E-state index >= 15 is 0 Å². The number of ether oxygens (including phenoxy) is 1. The van der Waals surface area contributed by atoms with E-state index in [1.807, 2.05) is 4.57 Å². The number of carboxylic acids is 1. The first kappa shape index (κ1) is 12.9.